The van der Waals surface area contributed by atoms with E-state index in [1.807, 2.05) is 19.9 Å². The summed E-state index contributed by atoms with van der Waals surface area (Å²) < 4.78 is 26.9. The Hall–Kier alpha value is -2.08. The van der Waals surface area contributed by atoms with E-state index in [1.54, 1.807) is 12.1 Å². The summed E-state index contributed by atoms with van der Waals surface area (Å²) in [5, 5.41) is 0. The highest BCUT2D eigenvalue weighted by Crippen LogP contribution is 2.21. The Kier molecular flexibility index (Phi) is 3.44. The number of hydrogen-bond donors (Lipinski definition) is 2. The summed E-state index contributed by atoms with van der Waals surface area (Å²) >= 11 is 0. The number of aryl methyl sites for hydroxylation is 2. The Bertz CT molecular complexity index is 712. The van der Waals surface area contributed by atoms with E-state index in [-0.39, 0.29) is 10.7 Å². The number of nitrogens with two attached hydrogens (primary N) is 1. The van der Waals surface area contributed by atoms with Gasteiger partial charge in [0.2, 0.25) is 0 Å². The van der Waals surface area contributed by atoms with Crippen molar-refractivity contribution in [1.82, 2.24) is 4.98 Å². The van der Waals surface area contributed by atoms with Crippen molar-refractivity contribution in [3.05, 3.63) is 47.7 Å². The van der Waals surface area contributed by atoms with Crippen LogP contribution < -0.4 is 10.5 Å². The van der Waals surface area contributed by atoms with E-state index >= 15 is 0 Å². The number of sulfonamides is 1. The van der Waals surface area contributed by atoms with Gasteiger partial charge in [0.1, 0.15) is 10.7 Å². The van der Waals surface area contributed by atoms with Gasteiger partial charge >= 0.3 is 0 Å². The Morgan fingerprint density at radius 3 is 2.53 bits per heavy atom. The first-order valence-electron chi connectivity index (χ1n) is 5.71. The average Bonchev–Trinajstić information content (AvgIpc) is 2.34. The molecule has 0 aliphatic rings. The van der Waals surface area contributed by atoms with Crippen LogP contribution in [-0.4, -0.2) is 13.4 Å². The van der Waals surface area contributed by atoms with Gasteiger partial charge in [-0.15, -0.1) is 0 Å². The minimum atomic E-state index is -3.71. The number of nitrogen functional groups attached to an aromatic ring is 1. The fourth-order valence-electron chi connectivity index (χ4n) is 1.65. The first kappa shape index (κ1) is 13.4. The van der Waals surface area contributed by atoms with E-state index in [0.717, 1.165) is 11.1 Å². The number of nitrogens with zero attached hydrogens (tertiary/aromatic N) is 1. The van der Waals surface area contributed by atoms with Gasteiger partial charge in [-0.1, -0.05) is 6.07 Å². The molecular weight excluding hydrogens is 262 g/mol. The summed E-state index contributed by atoms with van der Waals surface area (Å²) in [6.07, 6.45) is 1.45. The van der Waals surface area contributed by atoms with Gasteiger partial charge in [-0.05, 0) is 49.2 Å². The Balaban J connectivity index is 2.37. The molecule has 0 spiro atoms. The Labute approximate surface area is 112 Å². The molecule has 0 amide bonds. The van der Waals surface area contributed by atoms with E-state index in [1.165, 1.54) is 18.3 Å². The standard InChI is InChI=1S/C13H15N3O2S/c1-9-5-6-11(8-10(9)2)16-19(17,18)12-4-3-7-15-13(12)14/h3-8,16H,1-2H3,(H2,14,15). The molecular formula is C13H15N3O2S. The number of pyridine rings is 1. The molecule has 0 aliphatic heterocycles. The van der Waals surface area contributed by atoms with Gasteiger partial charge in [0, 0.05) is 11.9 Å². The van der Waals surface area contributed by atoms with Crippen LogP contribution in [0.3, 0.4) is 0 Å². The van der Waals surface area contributed by atoms with Crippen LogP contribution in [-0.2, 0) is 10.0 Å². The van der Waals surface area contributed by atoms with Gasteiger partial charge < -0.3 is 5.73 Å². The van der Waals surface area contributed by atoms with Crippen molar-refractivity contribution in [2.75, 3.05) is 10.5 Å². The molecule has 0 radical (unpaired) electrons. The van der Waals surface area contributed by atoms with Crippen molar-refractivity contribution in [3.63, 3.8) is 0 Å². The van der Waals surface area contributed by atoms with Crippen LogP contribution in [0.4, 0.5) is 11.5 Å². The molecule has 0 aliphatic carbocycles. The molecule has 0 fully saturated rings. The fourth-order valence-corrected chi connectivity index (χ4v) is 2.78. The van der Waals surface area contributed by atoms with E-state index in [9.17, 15) is 8.42 Å². The zero-order chi connectivity index (χ0) is 14.0. The second-order valence-corrected chi connectivity index (χ2v) is 5.94. The maximum Gasteiger partial charge on any atom is 0.265 e. The van der Waals surface area contributed by atoms with Crippen LogP contribution >= 0.6 is 0 Å². The SMILES string of the molecule is Cc1ccc(NS(=O)(=O)c2cccnc2N)cc1C. The highest BCUT2D eigenvalue weighted by Gasteiger charge is 2.17. The van der Waals surface area contributed by atoms with Crippen molar-refractivity contribution in [1.29, 1.82) is 0 Å². The largest absolute Gasteiger partial charge is 0.383 e. The number of anilines is 2. The van der Waals surface area contributed by atoms with Gasteiger partial charge in [-0.3, -0.25) is 4.72 Å². The third-order valence-electron chi connectivity index (χ3n) is 2.85. The number of aromatic nitrogens is 1. The summed E-state index contributed by atoms with van der Waals surface area (Å²) in [5.41, 5.74) is 8.20. The zero-order valence-corrected chi connectivity index (χ0v) is 11.5. The van der Waals surface area contributed by atoms with Gasteiger partial charge in [0.25, 0.3) is 10.0 Å². The summed E-state index contributed by atoms with van der Waals surface area (Å²) in [6, 6.07) is 8.31. The van der Waals surface area contributed by atoms with Crippen molar-refractivity contribution >= 4 is 21.5 Å². The zero-order valence-electron chi connectivity index (χ0n) is 10.7. The Morgan fingerprint density at radius 2 is 1.89 bits per heavy atom. The average molecular weight is 277 g/mol. The molecule has 1 aromatic heterocycles. The third kappa shape index (κ3) is 2.85. The smallest absolute Gasteiger partial charge is 0.265 e. The van der Waals surface area contributed by atoms with Crippen molar-refractivity contribution < 1.29 is 8.42 Å². The highest BCUT2D eigenvalue weighted by molar-refractivity contribution is 7.92. The quantitative estimate of drug-likeness (QED) is 0.899. The second-order valence-electron chi connectivity index (χ2n) is 4.29. The Morgan fingerprint density at radius 1 is 1.16 bits per heavy atom. The van der Waals surface area contributed by atoms with Crippen molar-refractivity contribution in [2.24, 2.45) is 0 Å². The summed E-state index contributed by atoms with van der Waals surface area (Å²) in [4.78, 5) is 3.76. The van der Waals surface area contributed by atoms with Crippen molar-refractivity contribution in [2.45, 2.75) is 18.7 Å². The molecule has 100 valence electrons. The maximum atomic E-state index is 12.2. The lowest BCUT2D eigenvalue weighted by atomic mass is 10.1. The fraction of sp³-hybridized carbons (Fsp3) is 0.154. The molecule has 1 aromatic carbocycles. The minimum absolute atomic E-state index is 0.0150. The van der Waals surface area contributed by atoms with E-state index in [0.29, 0.717) is 5.69 Å². The van der Waals surface area contributed by atoms with Gasteiger partial charge in [-0.25, -0.2) is 13.4 Å². The summed E-state index contributed by atoms with van der Waals surface area (Å²) in [7, 11) is -3.71. The highest BCUT2D eigenvalue weighted by atomic mass is 32.2. The molecule has 0 unspecified atom stereocenters. The number of nitrogens with one attached hydrogen (secondary N) is 1. The molecule has 2 rings (SSSR count). The number of hydrogen-bond acceptors (Lipinski definition) is 4. The summed E-state index contributed by atoms with van der Waals surface area (Å²) in [6.45, 7) is 3.89. The molecule has 0 atom stereocenters. The molecule has 0 saturated carbocycles. The lowest BCUT2D eigenvalue weighted by molar-refractivity contribution is 0.601. The maximum absolute atomic E-state index is 12.2. The van der Waals surface area contributed by atoms with Crippen molar-refractivity contribution in [3.8, 4) is 0 Å². The predicted molar refractivity (Wildman–Crippen MR) is 75.4 cm³/mol. The van der Waals surface area contributed by atoms with Crippen LogP contribution in [0.15, 0.2) is 41.4 Å². The second kappa shape index (κ2) is 4.89. The van der Waals surface area contributed by atoms with Crippen LogP contribution in [0, 0.1) is 13.8 Å². The molecule has 2 aromatic rings. The van der Waals surface area contributed by atoms with Crippen LogP contribution in [0.5, 0.6) is 0 Å². The van der Waals surface area contributed by atoms with Crippen LogP contribution in [0.1, 0.15) is 11.1 Å². The van der Waals surface area contributed by atoms with Gasteiger partial charge in [0.05, 0.1) is 0 Å². The minimum Gasteiger partial charge on any atom is -0.383 e. The topological polar surface area (TPSA) is 85.1 Å². The molecule has 0 bridgehead atoms. The van der Waals surface area contributed by atoms with Crippen LogP contribution in [0.2, 0.25) is 0 Å². The summed E-state index contributed by atoms with van der Waals surface area (Å²) in [5.74, 6) is -0.0150. The van der Waals surface area contributed by atoms with Gasteiger partial charge in [0.15, 0.2) is 0 Å². The van der Waals surface area contributed by atoms with E-state index < -0.39 is 10.0 Å². The lowest BCUT2D eigenvalue weighted by Gasteiger charge is -2.10. The molecule has 1 heterocycles. The molecule has 6 heteroatoms. The molecule has 19 heavy (non-hydrogen) atoms. The monoisotopic (exact) mass is 277 g/mol. The number of benzene rings is 1. The lowest BCUT2D eigenvalue weighted by Crippen LogP contribution is -2.15. The predicted octanol–water partition coefficient (Wildman–Crippen LogP) is 2.08. The van der Waals surface area contributed by atoms with E-state index in [2.05, 4.69) is 9.71 Å². The first-order valence-corrected chi connectivity index (χ1v) is 7.19. The molecule has 3 N–H and O–H groups in total. The number of rotatable bonds is 3. The third-order valence-corrected chi connectivity index (χ3v) is 4.28. The van der Waals surface area contributed by atoms with E-state index in [4.69, 9.17) is 5.73 Å². The van der Waals surface area contributed by atoms with Crippen LogP contribution in [0.25, 0.3) is 0 Å². The first-order chi connectivity index (χ1) is 8.90. The molecule has 0 saturated heterocycles. The van der Waals surface area contributed by atoms with Gasteiger partial charge in [-0.2, -0.15) is 0 Å². The molecule has 5 nitrogen and oxygen atoms in total. The normalized spacial score (nSPS) is 11.3.